The van der Waals surface area contributed by atoms with E-state index in [0.29, 0.717) is 5.56 Å². The second-order valence-corrected chi connectivity index (χ2v) is 5.41. The Bertz CT molecular complexity index is 657. The van der Waals surface area contributed by atoms with Gasteiger partial charge in [-0.1, -0.05) is 58.4 Å². The van der Waals surface area contributed by atoms with Gasteiger partial charge in [-0.3, -0.25) is 4.79 Å². The van der Waals surface area contributed by atoms with Crippen molar-refractivity contribution in [3.63, 3.8) is 0 Å². The fraction of sp³-hybridized carbons (Fsp3) is 0.125. The average Bonchev–Trinajstić information content (AvgIpc) is 2.51. The van der Waals surface area contributed by atoms with E-state index in [4.69, 9.17) is 0 Å². The maximum Gasteiger partial charge on any atom is 0.273 e. The van der Waals surface area contributed by atoms with Crippen molar-refractivity contribution >= 4 is 28.1 Å². The summed E-state index contributed by atoms with van der Waals surface area (Å²) in [6.07, 6.45) is 0.299. The molecule has 0 aliphatic rings. The van der Waals surface area contributed by atoms with E-state index in [0.717, 1.165) is 15.6 Å². The summed E-state index contributed by atoms with van der Waals surface area (Å²) in [6, 6.07) is 14.5. The van der Waals surface area contributed by atoms with Crippen LogP contribution in [-0.4, -0.2) is 17.2 Å². The number of carbonyl (C=O) groups is 1. The van der Waals surface area contributed by atoms with Crippen LogP contribution in [0.2, 0.25) is 0 Å². The highest BCUT2D eigenvalue weighted by molar-refractivity contribution is 9.10. The topological polar surface area (TPSA) is 61.7 Å². The number of hydrazone groups is 1. The molecule has 1 atom stereocenters. The van der Waals surface area contributed by atoms with Crippen LogP contribution in [0.3, 0.4) is 0 Å². The lowest BCUT2D eigenvalue weighted by molar-refractivity contribution is -0.129. The van der Waals surface area contributed by atoms with Crippen LogP contribution in [0.15, 0.2) is 58.1 Å². The number of hydrogen-bond acceptors (Lipinski definition) is 3. The van der Waals surface area contributed by atoms with Gasteiger partial charge in [0.2, 0.25) is 0 Å². The Morgan fingerprint density at radius 3 is 2.67 bits per heavy atom. The standard InChI is InChI=1S/C16H15BrN2O2/c1-11-7-8-12(9-14(11)17)10-18-19-16(21)15(20)13-5-3-2-4-6-13/h2-10,15,20H,1H3,(H,19,21)/b18-10-/t15-/m1/s1. The molecule has 0 saturated carbocycles. The van der Waals surface area contributed by atoms with Gasteiger partial charge in [0.05, 0.1) is 6.21 Å². The quantitative estimate of drug-likeness (QED) is 0.660. The Morgan fingerprint density at radius 1 is 1.29 bits per heavy atom. The summed E-state index contributed by atoms with van der Waals surface area (Å²) in [5.74, 6) is -0.566. The van der Waals surface area contributed by atoms with E-state index < -0.39 is 12.0 Å². The summed E-state index contributed by atoms with van der Waals surface area (Å²) in [6.45, 7) is 1.99. The molecule has 0 aromatic heterocycles. The lowest BCUT2D eigenvalue weighted by Gasteiger charge is -2.08. The fourth-order valence-corrected chi connectivity index (χ4v) is 2.10. The number of aryl methyl sites for hydroxylation is 1. The number of nitrogens with zero attached hydrogens (tertiary/aromatic N) is 1. The van der Waals surface area contributed by atoms with Crippen molar-refractivity contribution in [3.8, 4) is 0 Å². The lowest BCUT2D eigenvalue weighted by Crippen LogP contribution is -2.25. The molecule has 0 unspecified atom stereocenters. The van der Waals surface area contributed by atoms with Gasteiger partial charge in [0.15, 0.2) is 6.10 Å². The first-order valence-corrected chi connectivity index (χ1v) is 7.19. The summed E-state index contributed by atoms with van der Waals surface area (Å²) in [5.41, 5.74) is 4.83. The van der Waals surface area contributed by atoms with Gasteiger partial charge < -0.3 is 5.11 Å². The Morgan fingerprint density at radius 2 is 2.00 bits per heavy atom. The number of carbonyl (C=O) groups excluding carboxylic acids is 1. The van der Waals surface area contributed by atoms with Crippen LogP contribution < -0.4 is 5.43 Å². The molecule has 0 saturated heterocycles. The first-order chi connectivity index (χ1) is 10.1. The summed E-state index contributed by atoms with van der Waals surface area (Å²) < 4.78 is 0.974. The van der Waals surface area contributed by atoms with Crippen molar-refractivity contribution < 1.29 is 9.90 Å². The molecule has 1 amide bonds. The predicted molar refractivity (Wildman–Crippen MR) is 86.0 cm³/mol. The molecule has 108 valence electrons. The van der Waals surface area contributed by atoms with Crippen molar-refractivity contribution in [1.82, 2.24) is 5.43 Å². The zero-order chi connectivity index (χ0) is 15.2. The molecule has 5 heteroatoms. The second-order valence-electron chi connectivity index (χ2n) is 4.56. The fourth-order valence-electron chi connectivity index (χ4n) is 1.71. The van der Waals surface area contributed by atoms with Crippen LogP contribution in [-0.2, 0) is 4.79 Å². The van der Waals surface area contributed by atoms with Gasteiger partial charge in [-0.05, 0) is 29.7 Å². The van der Waals surface area contributed by atoms with Crippen LogP contribution in [0.4, 0.5) is 0 Å². The van der Waals surface area contributed by atoms with Gasteiger partial charge in [0.1, 0.15) is 0 Å². The number of benzene rings is 2. The second kappa shape index (κ2) is 7.15. The number of aliphatic hydroxyl groups is 1. The van der Waals surface area contributed by atoms with Crippen molar-refractivity contribution in [2.24, 2.45) is 5.10 Å². The van der Waals surface area contributed by atoms with Crippen molar-refractivity contribution in [2.45, 2.75) is 13.0 Å². The van der Waals surface area contributed by atoms with E-state index in [9.17, 15) is 9.90 Å². The Kier molecular flexibility index (Phi) is 5.25. The molecular formula is C16H15BrN2O2. The van der Waals surface area contributed by atoms with Crippen molar-refractivity contribution in [3.05, 3.63) is 69.7 Å². The van der Waals surface area contributed by atoms with Gasteiger partial charge in [-0.25, -0.2) is 5.43 Å². The molecular weight excluding hydrogens is 332 g/mol. The van der Waals surface area contributed by atoms with E-state index in [1.807, 2.05) is 31.2 Å². The molecule has 0 aliphatic carbocycles. The number of aliphatic hydroxyl groups excluding tert-OH is 1. The predicted octanol–water partition coefficient (Wildman–Crippen LogP) is 2.94. The molecule has 2 aromatic carbocycles. The smallest absolute Gasteiger partial charge is 0.273 e. The van der Waals surface area contributed by atoms with E-state index in [-0.39, 0.29) is 0 Å². The summed E-state index contributed by atoms with van der Waals surface area (Å²) >= 11 is 3.43. The molecule has 0 fully saturated rings. The molecule has 0 spiro atoms. The third kappa shape index (κ3) is 4.24. The molecule has 0 bridgehead atoms. The average molecular weight is 347 g/mol. The summed E-state index contributed by atoms with van der Waals surface area (Å²) in [4.78, 5) is 11.8. The minimum atomic E-state index is -1.23. The molecule has 2 aromatic rings. The van der Waals surface area contributed by atoms with E-state index >= 15 is 0 Å². The molecule has 21 heavy (non-hydrogen) atoms. The summed E-state index contributed by atoms with van der Waals surface area (Å²) in [5, 5.41) is 13.7. The van der Waals surface area contributed by atoms with E-state index in [1.165, 1.54) is 6.21 Å². The van der Waals surface area contributed by atoms with Gasteiger partial charge in [0, 0.05) is 4.47 Å². The third-order valence-corrected chi connectivity index (χ3v) is 3.80. The highest BCUT2D eigenvalue weighted by Gasteiger charge is 2.15. The highest BCUT2D eigenvalue weighted by atomic mass is 79.9. The van der Waals surface area contributed by atoms with Crippen LogP contribution >= 0.6 is 15.9 Å². The highest BCUT2D eigenvalue weighted by Crippen LogP contribution is 2.16. The molecule has 4 nitrogen and oxygen atoms in total. The monoisotopic (exact) mass is 346 g/mol. The summed E-state index contributed by atoms with van der Waals surface area (Å²) in [7, 11) is 0. The Hall–Kier alpha value is -1.98. The first kappa shape index (κ1) is 15.4. The molecule has 0 heterocycles. The van der Waals surface area contributed by atoms with Gasteiger partial charge in [0.25, 0.3) is 5.91 Å². The molecule has 2 rings (SSSR count). The minimum Gasteiger partial charge on any atom is -0.378 e. The van der Waals surface area contributed by atoms with Gasteiger partial charge in [-0.2, -0.15) is 5.10 Å². The van der Waals surface area contributed by atoms with Gasteiger partial charge in [-0.15, -0.1) is 0 Å². The first-order valence-electron chi connectivity index (χ1n) is 6.40. The molecule has 0 radical (unpaired) electrons. The maximum atomic E-state index is 11.8. The number of nitrogens with one attached hydrogen (secondary N) is 1. The van der Waals surface area contributed by atoms with Crippen LogP contribution in [0.1, 0.15) is 22.8 Å². The van der Waals surface area contributed by atoms with Crippen molar-refractivity contribution in [2.75, 3.05) is 0 Å². The Balaban J connectivity index is 1.97. The largest absolute Gasteiger partial charge is 0.378 e. The van der Waals surface area contributed by atoms with Crippen LogP contribution in [0, 0.1) is 6.92 Å². The van der Waals surface area contributed by atoms with Crippen molar-refractivity contribution in [1.29, 1.82) is 0 Å². The Labute approximate surface area is 131 Å². The number of halogens is 1. The number of hydrogen-bond donors (Lipinski definition) is 2. The lowest BCUT2D eigenvalue weighted by atomic mass is 10.1. The maximum absolute atomic E-state index is 11.8. The van der Waals surface area contributed by atoms with Gasteiger partial charge >= 0.3 is 0 Å². The zero-order valence-electron chi connectivity index (χ0n) is 11.5. The van der Waals surface area contributed by atoms with E-state index in [2.05, 4.69) is 26.5 Å². The molecule has 0 aliphatic heterocycles. The normalized spacial score (nSPS) is 12.3. The SMILES string of the molecule is Cc1ccc(/C=N\NC(=O)[C@H](O)c2ccccc2)cc1Br. The third-order valence-electron chi connectivity index (χ3n) is 2.95. The van der Waals surface area contributed by atoms with Crippen LogP contribution in [0.5, 0.6) is 0 Å². The van der Waals surface area contributed by atoms with Crippen LogP contribution in [0.25, 0.3) is 0 Å². The minimum absolute atomic E-state index is 0.531. The number of rotatable bonds is 4. The zero-order valence-corrected chi connectivity index (χ0v) is 13.0. The molecule has 2 N–H and O–H groups in total. The number of amides is 1. The van der Waals surface area contributed by atoms with E-state index in [1.54, 1.807) is 24.3 Å².